The van der Waals surface area contributed by atoms with Crippen molar-refractivity contribution < 1.29 is 4.79 Å². The van der Waals surface area contributed by atoms with Gasteiger partial charge in [-0.3, -0.25) is 9.48 Å². The first kappa shape index (κ1) is 11.6. The molecule has 15 heavy (non-hydrogen) atoms. The summed E-state index contributed by atoms with van der Waals surface area (Å²) in [6.07, 6.45) is 1.62. The number of nitrogens with zero attached hydrogens (tertiary/aromatic N) is 2. The maximum absolute atomic E-state index is 11.5. The molecule has 1 rings (SSSR count). The normalized spacial score (nSPS) is 10.0. The summed E-state index contributed by atoms with van der Waals surface area (Å²) in [5.41, 5.74) is 6.20. The minimum atomic E-state index is -0.346. The van der Waals surface area contributed by atoms with Crippen LogP contribution < -0.4 is 11.1 Å². The van der Waals surface area contributed by atoms with Gasteiger partial charge in [-0.2, -0.15) is 5.10 Å². The van der Waals surface area contributed by atoms with Crippen molar-refractivity contribution in [3.63, 3.8) is 0 Å². The molecule has 0 aliphatic heterocycles. The Morgan fingerprint density at radius 3 is 2.93 bits per heavy atom. The topological polar surface area (TPSA) is 72.9 Å². The lowest BCUT2D eigenvalue weighted by Gasteiger charge is -2.01. The molecule has 1 heterocycles. The fraction of sp³-hybridized carbons (Fsp3) is 0.333. The Bertz CT molecular complexity index is 385. The summed E-state index contributed by atoms with van der Waals surface area (Å²) < 4.78 is 1.60. The van der Waals surface area contributed by atoms with Crippen LogP contribution in [-0.4, -0.2) is 22.2 Å². The second-order valence-corrected chi connectivity index (χ2v) is 3.52. The van der Waals surface area contributed by atoms with Crippen molar-refractivity contribution in [2.24, 2.45) is 0 Å². The lowest BCUT2D eigenvalue weighted by atomic mass is 10.3. The summed E-state index contributed by atoms with van der Waals surface area (Å²) in [5.74, 6) is -0.346. The predicted octanol–water partition coefficient (Wildman–Crippen LogP) is 0.968. The molecule has 82 valence electrons. The number of nitrogens with one attached hydrogen (secondary N) is 1. The van der Waals surface area contributed by atoms with Crippen LogP contribution in [0.1, 0.15) is 17.4 Å². The van der Waals surface area contributed by atoms with E-state index in [-0.39, 0.29) is 18.1 Å². The molecular formula is C9H13ClN4O. The molecule has 5 nitrogen and oxygen atoms in total. The minimum absolute atomic E-state index is 0.207. The van der Waals surface area contributed by atoms with Gasteiger partial charge < -0.3 is 11.1 Å². The van der Waals surface area contributed by atoms with Gasteiger partial charge in [0.15, 0.2) is 5.69 Å². The molecule has 0 atom stereocenters. The number of anilines is 1. The fourth-order valence-corrected chi connectivity index (χ4v) is 1.10. The van der Waals surface area contributed by atoms with Crippen LogP contribution in [0.2, 0.25) is 0 Å². The smallest absolute Gasteiger partial charge is 0.274 e. The molecule has 0 bridgehead atoms. The zero-order valence-corrected chi connectivity index (χ0v) is 9.21. The van der Waals surface area contributed by atoms with Crippen LogP contribution in [0.3, 0.4) is 0 Å². The number of halogens is 1. The Balaban J connectivity index is 2.72. The second kappa shape index (κ2) is 4.84. The van der Waals surface area contributed by atoms with Gasteiger partial charge in [-0.1, -0.05) is 18.2 Å². The van der Waals surface area contributed by atoms with Crippen LogP contribution in [-0.2, 0) is 6.54 Å². The molecule has 1 amide bonds. The molecule has 0 radical (unpaired) electrons. The number of aryl methyl sites for hydroxylation is 1. The third-order valence-corrected chi connectivity index (χ3v) is 1.90. The number of nitrogen functional groups attached to an aromatic ring is 1. The maximum Gasteiger partial charge on any atom is 0.274 e. The number of rotatable bonds is 4. The summed E-state index contributed by atoms with van der Waals surface area (Å²) in [6.45, 7) is 6.24. The molecule has 0 fully saturated rings. The van der Waals surface area contributed by atoms with E-state index >= 15 is 0 Å². The third-order valence-electron chi connectivity index (χ3n) is 1.77. The number of carbonyl (C=O) groups is 1. The number of aromatic nitrogens is 2. The zero-order valence-electron chi connectivity index (χ0n) is 8.46. The number of nitrogens with two attached hydrogens (primary N) is 1. The van der Waals surface area contributed by atoms with E-state index in [1.165, 1.54) is 0 Å². The highest BCUT2D eigenvalue weighted by molar-refractivity contribution is 6.29. The van der Waals surface area contributed by atoms with E-state index < -0.39 is 0 Å². The van der Waals surface area contributed by atoms with Gasteiger partial charge in [-0.05, 0) is 6.92 Å². The van der Waals surface area contributed by atoms with E-state index in [0.717, 1.165) is 0 Å². The predicted molar refractivity (Wildman–Crippen MR) is 59.6 cm³/mol. The molecule has 0 aliphatic rings. The molecule has 0 aromatic carbocycles. The molecule has 1 aromatic heterocycles. The summed E-state index contributed by atoms with van der Waals surface area (Å²) in [7, 11) is 0. The van der Waals surface area contributed by atoms with Gasteiger partial charge in [-0.15, -0.1) is 0 Å². The standard InChI is InChI=1S/C9H13ClN4O/c1-3-14-5-7(11)8(13-14)9(15)12-4-6(2)10/h5H,2-4,11H2,1H3,(H,12,15). The quantitative estimate of drug-likeness (QED) is 0.807. The summed E-state index contributed by atoms with van der Waals surface area (Å²) in [6, 6.07) is 0. The average molecular weight is 229 g/mol. The summed E-state index contributed by atoms with van der Waals surface area (Å²) in [4.78, 5) is 11.5. The van der Waals surface area contributed by atoms with Crippen LogP contribution in [0, 0.1) is 0 Å². The molecule has 0 spiro atoms. The van der Waals surface area contributed by atoms with Crippen molar-refractivity contribution in [2.45, 2.75) is 13.5 Å². The van der Waals surface area contributed by atoms with Crippen molar-refractivity contribution in [1.29, 1.82) is 0 Å². The molecule has 1 aromatic rings. The van der Waals surface area contributed by atoms with E-state index in [1.807, 2.05) is 6.92 Å². The highest BCUT2D eigenvalue weighted by atomic mass is 35.5. The van der Waals surface area contributed by atoms with Crippen molar-refractivity contribution in [3.8, 4) is 0 Å². The van der Waals surface area contributed by atoms with Crippen LogP contribution >= 0.6 is 11.6 Å². The monoisotopic (exact) mass is 228 g/mol. The van der Waals surface area contributed by atoms with E-state index in [4.69, 9.17) is 17.3 Å². The Labute approximate surface area is 92.9 Å². The van der Waals surface area contributed by atoms with E-state index in [9.17, 15) is 4.79 Å². The molecular weight excluding hydrogens is 216 g/mol. The van der Waals surface area contributed by atoms with E-state index in [0.29, 0.717) is 17.3 Å². The second-order valence-electron chi connectivity index (χ2n) is 2.99. The summed E-state index contributed by atoms with van der Waals surface area (Å²) >= 11 is 5.52. The zero-order chi connectivity index (χ0) is 11.4. The largest absolute Gasteiger partial charge is 0.396 e. The van der Waals surface area contributed by atoms with E-state index in [2.05, 4.69) is 17.0 Å². The Morgan fingerprint density at radius 1 is 1.80 bits per heavy atom. The third kappa shape index (κ3) is 2.99. The van der Waals surface area contributed by atoms with Gasteiger partial charge in [-0.25, -0.2) is 0 Å². The lowest BCUT2D eigenvalue weighted by Crippen LogP contribution is -2.25. The number of hydrogen-bond acceptors (Lipinski definition) is 3. The molecule has 3 N–H and O–H groups in total. The molecule has 6 heteroatoms. The SMILES string of the molecule is C=C(Cl)CNC(=O)c1nn(CC)cc1N. The van der Waals surface area contributed by atoms with Crippen molar-refractivity contribution in [3.05, 3.63) is 23.5 Å². The minimum Gasteiger partial charge on any atom is -0.396 e. The highest BCUT2D eigenvalue weighted by Crippen LogP contribution is 2.08. The van der Waals surface area contributed by atoms with Gasteiger partial charge in [0.05, 0.1) is 12.2 Å². The van der Waals surface area contributed by atoms with Crippen molar-refractivity contribution in [2.75, 3.05) is 12.3 Å². The number of hydrogen-bond donors (Lipinski definition) is 2. The lowest BCUT2D eigenvalue weighted by molar-refractivity contribution is 0.0952. The van der Waals surface area contributed by atoms with Crippen LogP contribution in [0.5, 0.6) is 0 Å². The molecule has 0 saturated carbocycles. The van der Waals surface area contributed by atoms with Crippen molar-refractivity contribution >= 4 is 23.2 Å². The molecule has 0 saturated heterocycles. The van der Waals surface area contributed by atoms with Crippen molar-refractivity contribution in [1.82, 2.24) is 15.1 Å². The van der Waals surface area contributed by atoms with Gasteiger partial charge in [0.1, 0.15) is 0 Å². The van der Waals surface area contributed by atoms with Gasteiger partial charge >= 0.3 is 0 Å². The van der Waals surface area contributed by atoms with Crippen LogP contribution in [0.15, 0.2) is 17.8 Å². The fourth-order valence-electron chi connectivity index (χ4n) is 1.04. The first-order valence-corrected chi connectivity index (χ1v) is 4.86. The van der Waals surface area contributed by atoms with Gasteiger partial charge in [0.2, 0.25) is 0 Å². The first-order chi connectivity index (χ1) is 7.04. The molecule has 0 unspecified atom stereocenters. The number of carbonyl (C=O) groups excluding carboxylic acids is 1. The first-order valence-electron chi connectivity index (χ1n) is 4.49. The number of amides is 1. The average Bonchev–Trinajstić information content (AvgIpc) is 2.56. The Morgan fingerprint density at radius 2 is 2.47 bits per heavy atom. The van der Waals surface area contributed by atoms with Crippen LogP contribution in [0.25, 0.3) is 0 Å². The van der Waals surface area contributed by atoms with Gasteiger partial charge in [0, 0.05) is 17.8 Å². The van der Waals surface area contributed by atoms with Crippen LogP contribution in [0.4, 0.5) is 5.69 Å². The highest BCUT2D eigenvalue weighted by Gasteiger charge is 2.13. The molecule has 0 aliphatic carbocycles. The van der Waals surface area contributed by atoms with Gasteiger partial charge in [0.25, 0.3) is 5.91 Å². The Hall–Kier alpha value is -1.49. The summed E-state index contributed by atoms with van der Waals surface area (Å²) in [5, 5.41) is 6.92. The maximum atomic E-state index is 11.5. The Kier molecular flexibility index (Phi) is 3.74. The van der Waals surface area contributed by atoms with E-state index in [1.54, 1.807) is 10.9 Å².